The third kappa shape index (κ3) is 1.80. The first-order chi connectivity index (χ1) is 12.4. The fourth-order valence-corrected chi connectivity index (χ4v) is 4.38. The van der Waals surface area contributed by atoms with Gasteiger partial charge in [-0.15, -0.1) is 0 Å². The van der Waals surface area contributed by atoms with Crippen LogP contribution in [-0.2, 0) is 0 Å². The van der Waals surface area contributed by atoms with E-state index in [1.54, 1.807) is 18.2 Å². The van der Waals surface area contributed by atoms with Crippen molar-refractivity contribution in [3.05, 3.63) is 46.5 Å². The number of benzene rings is 2. The van der Waals surface area contributed by atoms with Crippen LogP contribution in [-0.4, -0.2) is 42.3 Å². The Balaban J connectivity index is 1.70. The second kappa shape index (κ2) is 4.76. The molecule has 1 atom stereocenters. The Morgan fingerprint density at radius 2 is 1.65 bits per heavy atom. The second-order valence-corrected chi connectivity index (χ2v) is 7.38. The van der Waals surface area contributed by atoms with Gasteiger partial charge in [-0.05, 0) is 31.3 Å². The van der Waals surface area contributed by atoms with Crippen LogP contribution < -0.4 is 22.1 Å². The molecule has 1 spiro atoms. The molecule has 2 aromatic rings. The number of nitrogens with one attached hydrogen (secondary N) is 2. The van der Waals surface area contributed by atoms with Crippen LogP contribution in [0.1, 0.15) is 38.3 Å². The Morgan fingerprint density at radius 1 is 0.962 bits per heavy atom. The molecule has 1 aliphatic carbocycles. The number of carbonyl (C=O) groups excluding carboxylic acids is 2. The number of nitrogen functional groups attached to an aromatic ring is 2. The molecule has 0 bridgehead atoms. The van der Waals surface area contributed by atoms with Gasteiger partial charge < -0.3 is 27.0 Å². The third-order valence-electron chi connectivity index (χ3n) is 5.60. The van der Waals surface area contributed by atoms with Crippen molar-refractivity contribution in [3.8, 4) is 0 Å². The van der Waals surface area contributed by atoms with Crippen molar-refractivity contribution in [2.24, 2.45) is 0 Å². The number of carbonyl (C=O) groups is 2. The van der Waals surface area contributed by atoms with Crippen LogP contribution in [0.5, 0.6) is 0 Å². The maximum atomic E-state index is 13.3. The highest BCUT2D eigenvalue weighted by atomic mass is 16.1. The van der Waals surface area contributed by atoms with Crippen LogP contribution in [0.25, 0.3) is 0 Å². The van der Waals surface area contributed by atoms with E-state index >= 15 is 0 Å². The topological polar surface area (TPSA) is 113 Å². The zero-order valence-electron chi connectivity index (χ0n) is 14.3. The molecule has 1 unspecified atom stereocenters. The van der Waals surface area contributed by atoms with Gasteiger partial charge in [0, 0.05) is 36.4 Å². The van der Waals surface area contributed by atoms with Crippen LogP contribution in [0.2, 0.25) is 0 Å². The summed E-state index contributed by atoms with van der Waals surface area (Å²) in [7, 11) is 2.06. The van der Waals surface area contributed by atoms with Gasteiger partial charge in [-0.1, -0.05) is 0 Å². The molecule has 6 N–H and O–H groups in total. The van der Waals surface area contributed by atoms with Gasteiger partial charge in [0.25, 0.3) is 0 Å². The Bertz CT molecular complexity index is 1020. The van der Waals surface area contributed by atoms with Crippen molar-refractivity contribution >= 4 is 34.3 Å². The molecule has 0 saturated carbocycles. The van der Waals surface area contributed by atoms with Crippen LogP contribution in [0.4, 0.5) is 22.7 Å². The Morgan fingerprint density at radius 3 is 2.31 bits per heavy atom. The molecule has 7 nitrogen and oxygen atoms in total. The van der Waals surface area contributed by atoms with E-state index in [4.69, 9.17) is 11.5 Å². The Hall–Kier alpha value is -3.06. The number of likely N-dealkylation sites (N-methyl/N-ethyl adjacent to an activating group) is 1. The fraction of sp³-hybridized carbons (Fsp3) is 0.263. The van der Waals surface area contributed by atoms with E-state index in [0.717, 1.165) is 25.2 Å². The molecule has 0 radical (unpaired) electrons. The zero-order valence-corrected chi connectivity index (χ0v) is 14.3. The number of nitrogens with zero attached hydrogens (tertiary/aromatic N) is 1. The fourth-order valence-electron chi connectivity index (χ4n) is 4.38. The molecule has 0 amide bonds. The molecular formula is C19H19N5O2. The summed E-state index contributed by atoms with van der Waals surface area (Å²) in [6.07, 6.45) is 0.904. The van der Waals surface area contributed by atoms with Gasteiger partial charge in [-0.2, -0.15) is 0 Å². The van der Waals surface area contributed by atoms with Crippen LogP contribution in [0.3, 0.4) is 0 Å². The van der Waals surface area contributed by atoms with E-state index in [0.29, 0.717) is 16.8 Å². The van der Waals surface area contributed by atoms with Gasteiger partial charge >= 0.3 is 0 Å². The summed E-state index contributed by atoms with van der Waals surface area (Å²) in [5.74, 6) is -0.512. The van der Waals surface area contributed by atoms with Crippen molar-refractivity contribution < 1.29 is 9.59 Å². The quantitative estimate of drug-likeness (QED) is 0.455. The summed E-state index contributed by atoms with van der Waals surface area (Å²) in [6.45, 7) is 1.76. The predicted octanol–water partition coefficient (Wildman–Crippen LogP) is 1.50. The second-order valence-electron chi connectivity index (χ2n) is 7.38. The normalized spacial score (nSPS) is 23.4. The summed E-state index contributed by atoms with van der Waals surface area (Å²) in [6, 6.07) is 6.70. The van der Waals surface area contributed by atoms with Crippen LogP contribution in [0.15, 0.2) is 24.3 Å². The number of nitrogens with two attached hydrogens (primary N) is 2. The van der Waals surface area contributed by atoms with E-state index in [9.17, 15) is 9.59 Å². The molecule has 3 aliphatic rings. The predicted molar refractivity (Wildman–Crippen MR) is 101 cm³/mol. The van der Waals surface area contributed by atoms with Gasteiger partial charge in [0.1, 0.15) is 5.66 Å². The number of anilines is 4. The summed E-state index contributed by atoms with van der Waals surface area (Å²) in [4.78, 5) is 28.6. The van der Waals surface area contributed by atoms with Gasteiger partial charge in [-0.3, -0.25) is 9.59 Å². The van der Waals surface area contributed by atoms with Crippen molar-refractivity contribution in [2.75, 3.05) is 42.2 Å². The molecule has 1 fully saturated rings. The lowest BCUT2D eigenvalue weighted by atomic mass is 9.81. The number of likely N-dealkylation sites (tertiary alicyclic amines) is 1. The minimum atomic E-state index is -0.308. The summed E-state index contributed by atoms with van der Waals surface area (Å²) in [5.41, 5.74) is 15.0. The van der Waals surface area contributed by atoms with E-state index in [2.05, 4.69) is 22.6 Å². The Labute approximate surface area is 150 Å². The SMILES string of the molecule is CN1CCC2(C1)Nc1ccc3c(c1N2)C(=O)c1c(N)ccc(N)c1C3=O. The van der Waals surface area contributed by atoms with E-state index in [1.807, 2.05) is 6.07 Å². The molecule has 2 heterocycles. The molecule has 2 aromatic carbocycles. The van der Waals surface area contributed by atoms with Gasteiger partial charge in [0.2, 0.25) is 0 Å². The Kier molecular flexibility index (Phi) is 2.79. The molecule has 132 valence electrons. The van der Waals surface area contributed by atoms with Gasteiger partial charge in [0.05, 0.1) is 28.1 Å². The summed E-state index contributed by atoms with van der Waals surface area (Å²) < 4.78 is 0. The van der Waals surface area contributed by atoms with Crippen LogP contribution in [0, 0.1) is 0 Å². The maximum Gasteiger partial charge on any atom is 0.198 e. The lowest BCUT2D eigenvalue weighted by molar-refractivity contribution is 0.0981. The number of hydrogen-bond acceptors (Lipinski definition) is 7. The van der Waals surface area contributed by atoms with Gasteiger partial charge in [0.15, 0.2) is 11.6 Å². The number of fused-ring (bicyclic) bond motifs is 4. The monoisotopic (exact) mass is 349 g/mol. The first kappa shape index (κ1) is 15.2. The first-order valence-corrected chi connectivity index (χ1v) is 8.59. The first-order valence-electron chi connectivity index (χ1n) is 8.59. The highest BCUT2D eigenvalue weighted by Gasteiger charge is 2.45. The zero-order chi connectivity index (χ0) is 18.2. The number of hydrogen-bond donors (Lipinski definition) is 4. The van der Waals surface area contributed by atoms with Crippen molar-refractivity contribution in [3.63, 3.8) is 0 Å². The molecular weight excluding hydrogens is 330 g/mol. The van der Waals surface area contributed by atoms with Crippen LogP contribution >= 0.6 is 0 Å². The van der Waals surface area contributed by atoms with Gasteiger partial charge in [-0.25, -0.2) is 0 Å². The molecule has 2 aliphatic heterocycles. The highest BCUT2D eigenvalue weighted by Crippen LogP contribution is 2.45. The van der Waals surface area contributed by atoms with Crippen molar-refractivity contribution in [1.82, 2.24) is 4.90 Å². The average molecular weight is 349 g/mol. The van der Waals surface area contributed by atoms with E-state index < -0.39 is 0 Å². The third-order valence-corrected chi connectivity index (χ3v) is 5.60. The molecule has 7 heteroatoms. The smallest absolute Gasteiger partial charge is 0.198 e. The lowest BCUT2D eigenvalue weighted by Gasteiger charge is -2.26. The lowest BCUT2D eigenvalue weighted by Crippen LogP contribution is -2.44. The maximum absolute atomic E-state index is 13.3. The van der Waals surface area contributed by atoms with E-state index in [1.165, 1.54) is 0 Å². The largest absolute Gasteiger partial charge is 0.398 e. The van der Waals surface area contributed by atoms with Crippen molar-refractivity contribution in [2.45, 2.75) is 12.1 Å². The number of ketones is 2. The van der Waals surface area contributed by atoms with Crippen molar-refractivity contribution in [1.29, 1.82) is 0 Å². The minimum Gasteiger partial charge on any atom is -0.398 e. The molecule has 5 rings (SSSR count). The summed E-state index contributed by atoms with van der Waals surface area (Å²) in [5, 5.41) is 6.99. The molecule has 0 aromatic heterocycles. The molecule has 1 saturated heterocycles. The molecule has 26 heavy (non-hydrogen) atoms. The number of rotatable bonds is 0. The summed E-state index contributed by atoms with van der Waals surface area (Å²) >= 11 is 0. The highest BCUT2D eigenvalue weighted by molar-refractivity contribution is 6.34. The standard InChI is InChI=1S/C19H19N5O2/c1-24-7-6-19(8-24)22-12-5-2-9-13(16(12)23-19)18(26)15-11(21)4-3-10(20)14(15)17(9)25/h2-5,22-23H,6-8,20-21H2,1H3. The van der Waals surface area contributed by atoms with E-state index in [-0.39, 0.29) is 39.7 Å². The minimum absolute atomic E-state index is 0.210. The average Bonchev–Trinajstić information content (AvgIpc) is 3.15.